The standard InChI is InChI=1S/CH2O3.2H3N.O2S/c2-1(3)4;;;1-3-2/h(H2,2,3,4);2*1H3;. The Bertz CT molecular complexity index is 83.0. The Kier molecular flexibility index (Phi) is 76.0. The molecule has 0 spiro atoms. The van der Waals surface area contributed by atoms with Crippen LogP contribution in [0.1, 0.15) is 0 Å². The Morgan fingerprint density at radius 2 is 1.11 bits per heavy atom. The molecule has 0 saturated carbocycles. The van der Waals surface area contributed by atoms with Crippen molar-refractivity contribution in [3.63, 3.8) is 0 Å². The molecule has 0 unspecified atom stereocenters. The van der Waals surface area contributed by atoms with Gasteiger partial charge in [-0.1, -0.05) is 0 Å². The normalized spacial score (nSPS) is 4.00. The molecule has 0 aromatic rings. The summed E-state index contributed by atoms with van der Waals surface area (Å²) >= 11 is -0.750. The molecular formula is CH8N2O5S. The van der Waals surface area contributed by atoms with Crippen LogP contribution in [0.2, 0.25) is 0 Å². The molecule has 8 heteroatoms. The molecule has 0 fully saturated rings. The van der Waals surface area contributed by atoms with E-state index in [1.807, 2.05) is 0 Å². The van der Waals surface area contributed by atoms with Crippen molar-refractivity contribution >= 4 is 17.7 Å². The highest BCUT2D eigenvalue weighted by Crippen LogP contribution is 1.42. The molecule has 0 saturated heterocycles. The second-order valence-electron chi connectivity index (χ2n) is 0.351. The Labute approximate surface area is 54.5 Å². The smallest absolute Gasteiger partial charge is 0.450 e. The van der Waals surface area contributed by atoms with Crippen LogP contribution in [0.3, 0.4) is 0 Å². The summed E-state index contributed by atoms with van der Waals surface area (Å²) in [5.41, 5.74) is 0. The summed E-state index contributed by atoms with van der Waals surface area (Å²) in [5.74, 6) is 0. The van der Waals surface area contributed by atoms with E-state index in [2.05, 4.69) is 0 Å². The van der Waals surface area contributed by atoms with Gasteiger partial charge in [0.05, 0.1) is 0 Å². The largest absolute Gasteiger partial charge is 0.503 e. The summed E-state index contributed by atoms with van der Waals surface area (Å²) in [7, 11) is 0. The van der Waals surface area contributed by atoms with Gasteiger partial charge in [-0.15, -0.1) is 0 Å². The molecule has 0 aliphatic heterocycles. The third kappa shape index (κ3) is 180. The molecule has 0 aromatic carbocycles. The SMILES string of the molecule is N.N.O=C(O)O.O=S=O. The maximum absolute atomic E-state index is 8.56. The van der Waals surface area contributed by atoms with E-state index < -0.39 is 17.7 Å². The maximum atomic E-state index is 8.56. The zero-order chi connectivity index (χ0) is 6.28. The van der Waals surface area contributed by atoms with Gasteiger partial charge in [0.25, 0.3) is 0 Å². The predicted molar refractivity (Wildman–Crippen MR) is 29.6 cm³/mol. The van der Waals surface area contributed by atoms with Crippen LogP contribution in [0, 0.1) is 0 Å². The van der Waals surface area contributed by atoms with Crippen LogP contribution in [-0.4, -0.2) is 24.8 Å². The first-order valence-corrected chi connectivity index (χ1v) is 1.65. The van der Waals surface area contributed by atoms with E-state index in [1.54, 1.807) is 0 Å². The molecule has 8 N–H and O–H groups in total. The van der Waals surface area contributed by atoms with Gasteiger partial charge >= 0.3 is 17.7 Å². The lowest BCUT2D eigenvalue weighted by Gasteiger charge is -1.60. The second kappa shape index (κ2) is 27.9. The maximum Gasteiger partial charge on any atom is 0.503 e. The minimum Gasteiger partial charge on any atom is -0.450 e. The second-order valence-corrected chi connectivity index (χ2v) is 0.487. The van der Waals surface area contributed by atoms with E-state index in [4.69, 9.17) is 23.4 Å². The minimum absolute atomic E-state index is 0. The number of carbonyl (C=O) groups is 1. The number of hydrogen-bond donors (Lipinski definition) is 4. The van der Waals surface area contributed by atoms with Crippen LogP contribution < -0.4 is 12.3 Å². The highest BCUT2D eigenvalue weighted by Gasteiger charge is 1.70. The lowest BCUT2D eigenvalue weighted by molar-refractivity contribution is 0.137. The van der Waals surface area contributed by atoms with Crippen molar-refractivity contribution in [2.24, 2.45) is 0 Å². The van der Waals surface area contributed by atoms with Crippen LogP contribution in [0.25, 0.3) is 0 Å². The van der Waals surface area contributed by atoms with Crippen molar-refractivity contribution < 1.29 is 23.4 Å². The summed E-state index contributed by atoms with van der Waals surface area (Å²) < 4.78 is 16.6. The van der Waals surface area contributed by atoms with Crippen molar-refractivity contribution in [1.29, 1.82) is 0 Å². The molecular weight excluding hydrogens is 152 g/mol. The molecule has 0 aliphatic carbocycles. The van der Waals surface area contributed by atoms with Crippen molar-refractivity contribution in [1.82, 2.24) is 12.3 Å². The van der Waals surface area contributed by atoms with Crippen LogP contribution in [0.15, 0.2) is 0 Å². The van der Waals surface area contributed by atoms with E-state index in [0.717, 1.165) is 0 Å². The molecule has 0 aromatic heterocycles. The van der Waals surface area contributed by atoms with Crippen molar-refractivity contribution in [3.8, 4) is 0 Å². The van der Waals surface area contributed by atoms with Crippen LogP contribution in [0.5, 0.6) is 0 Å². The van der Waals surface area contributed by atoms with Gasteiger partial charge < -0.3 is 22.5 Å². The molecule has 0 rings (SSSR count). The molecule has 0 amide bonds. The lowest BCUT2D eigenvalue weighted by Crippen LogP contribution is -1.81. The van der Waals surface area contributed by atoms with Gasteiger partial charge in [-0.25, -0.2) is 4.79 Å². The molecule has 0 radical (unpaired) electrons. The first kappa shape index (κ1) is 24.5. The third-order valence-corrected chi connectivity index (χ3v) is 0. The van der Waals surface area contributed by atoms with E-state index >= 15 is 0 Å². The molecule has 7 nitrogen and oxygen atoms in total. The number of hydrogen-bond acceptors (Lipinski definition) is 5. The summed E-state index contributed by atoms with van der Waals surface area (Å²) in [6, 6.07) is 0. The molecule has 0 atom stereocenters. The number of rotatable bonds is 0. The monoisotopic (exact) mass is 160 g/mol. The first-order valence-electron chi connectivity index (χ1n) is 0.985. The van der Waals surface area contributed by atoms with Gasteiger partial charge in [0.15, 0.2) is 0 Å². The van der Waals surface area contributed by atoms with E-state index in [0.29, 0.717) is 0 Å². The van der Waals surface area contributed by atoms with E-state index in [1.165, 1.54) is 0 Å². The van der Waals surface area contributed by atoms with Crippen LogP contribution >= 0.6 is 0 Å². The first-order chi connectivity index (χ1) is 3.15. The Morgan fingerprint density at radius 1 is 1.11 bits per heavy atom. The molecule has 9 heavy (non-hydrogen) atoms. The van der Waals surface area contributed by atoms with Gasteiger partial charge in [0.2, 0.25) is 0 Å². The van der Waals surface area contributed by atoms with Crippen molar-refractivity contribution in [3.05, 3.63) is 0 Å². The Hall–Kier alpha value is -0.990. The van der Waals surface area contributed by atoms with Gasteiger partial charge in [-0.3, -0.25) is 0 Å². The summed E-state index contributed by atoms with van der Waals surface area (Å²) in [5, 5.41) is 13.9. The molecule has 0 aliphatic rings. The highest BCUT2D eigenvalue weighted by atomic mass is 32.1. The number of carboxylic acid groups (broad SMARTS) is 2. The summed E-state index contributed by atoms with van der Waals surface area (Å²) in [4.78, 5) is 8.56. The zero-order valence-electron chi connectivity index (χ0n) is 4.44. The lowest BCUT2D eigenvalue weighted by atomic mass is 11.5. The fourth-order valence-corrected chi connectivity index (χ4v) is 0. The van der Waals surface area contributed by atoms with Gasteiger partial charge in [-0.2, -0.15) is 8.42 Å². The molecule has 58 valence electrons. The average Bonchev–Trinajstić information content (AvgIpc) is 1.33. The zero-order valence-corrected chi connectivity index (χ0v) is 5.26. The topological polar surface area (TPSA) is 162 Å². The highest BCUT2D eigenvalue weighted by molar-refractivity contribution is 7.51. The predicted octanol–water partition coefficient (Wildman–Crippen LogP) is -0.124. The minimum atomic E-state index is -1.83. The van der Waals surface area contributed by atoms with Crippen LogP contribution in [-0.2, 0) is 11.6 Å². The average molecular weight is 160 g/mol. The third-order valence-electron chi connectivity index (χ3n) is 0. The Morgan fingerprint density at radius 3 is 1.11 bits per heavy atom. The molecule has 0 heterocycles. The van der Waals surface area contributed by atoms with Gasteiger partial charge in [0.1, 0.15) is 0 Å². The fraction of sp³-hybridized carbons (Fsp3) is 0. The quantitative estimate of drug-likeness (QED) is 0.383. The van der Waals surface area contributed by atoms with E-state index in [-0.39, 0.29) is 12.3 Å². The molecule has 0 bridgehead atoms. The summed E-state index contributed by atoms with van der Waals surface area (Å²) in [6.07, 6.45) is -1.83. The fourth-order valence-electron chi connectivity index (χ4n) is 0. The van der Waals surface area contributed by atoms with Crippen LogP contribution in [0.4, 0.5) is 4.79 Å². The summed E-state index contributed by atoms with van der Waals surface area (Å²) in [6.45, 7) is 0. The Balaban J connectivity index is -0.0000000233. The van der Waals surface area contributed by atoms with Crippen molar-refractivity contribution in [2.45, 2.75) is 0 Å². The van der Waals surface area contributed by atoms with Gasteiger partial charge in [0, 0.05) is 0 Å². The van der Waals surface area contributed by atoms with E-state index in [9.17, 15) is 0 Å². The van der Waals surface area contributed by atoms with Crippen molar-refractivity contribution in [2.75, 3.05) is 0 Å². The van der Waals surface area contributed by atoms with Gasteiger partial charge in [-0.05, 0) is 0 Å².